The second-order valence-corrected chi connectivity index (χ2v) is 34.3. The van der Waals surface area contributed by atoms with Crippen LogP contribution in [-0.2, 0) is 0 Å². The Labute approximate surface area is 600 Å². The predicted molar refractivity (Wildman–Crippen MR) is 439 cm³/mol. The number of para-hydroxylation sites is 1. The number of rotatable bonds is 16. The minimum atomic E-state index is -3.18. The first-order valence-corrected chi connectivity index (χ1v) is 39.3. The van der Waals surface area contributed by atoms with Crippen LogP contribution in [0.3, 0.4) is 0 Å². The smallest absolute Gasteiger partial charge is 0.252 e. The molecule has 2 aliphatic heterocycles. The SMILES string of the molecule is c1ccc(-c2ccc(N3c4ccc(-c5ccccc5)cc4B4c5ccc([Si](c6ccccc6)(c6ccccc6)c6ccccc6)cc5N(c5cccc([Si](c6ccccc6)(c6ccccc6)c6ccccc6)c5)c5cc(N(c6ccccc6)c6cccc(-c7ccccc7)c6)cc3c54)cc2)cc1. The molecule has 2 heterocycles. The van der Waals surface area contributed by atoms with Crippen molar-refractivity contribution in [2.75, 3.05) is 14.7 Å². The zero-order valence-corrected chi connectivity index (χ0v) is 58.3. The summed E-state index contributed by atoms with van der Waals surface area (Å²) in [7, 11) is -6.31. The summed E-state index contributed by atoms with van der Waals surface area (Å²) in [5, 5.41) is 10.5. The van der Waals surface area contributed by atoms with Crippen molar-refractivity contribution in [3.05, 3.63) is 425 Å². The molecule has 0 aliphatic carbocycles. The molecular weight excluding hydrogens is 1260 g/mol. The Bertz CT molecular complexity index is 5430. The van der Waals surface area contributed by atoms with E-state index in [-0.39, 0.29) is 6.71 Å². The van der Waals surface area contributed by atoms with E-state index < -0.39 is 16.1 Å². The standard InChI is InChI=1S/C96H70BN3Si2/c1-11-33-71(34-12-1)74-57-60-78(61-58-74)99-92-64-59-76(73-37-15-3-16-38-73)66-91(92)97-90-63-62-89(102(85-50-25-8-26-51-85,86-52-27-9-28-53-86)87-54-29-10-30-55-87)70-93(90)100(80-43-32-56-88(67-80)101(82-44-19-5-20-45-82,83-46-21-6-22-47-83)84-48-23-7-24-49-84)95-69-81(68-94(99)96(95)97)98(77-40-17-4-18-41-77)79-42-31-39-75(65-79)72-35-13-2-14-36-72/h1-70H. The molecule has 18 rings (SSSR count). The summed E-state index contributed by atoms with van der Waals surface area (Å²) in [4.78, 5) is 7.75. The third-order valence-electron chi connectivity index (χ3n) is 21.1. The summed E-state index contributed by atoms with van der Waals surface area (Å²) in [5.41, 5.74) is 20.5. The quantitative estimate of drug-likeness (QED) is 0.0705. The van der Waals surface area contributed by atoms with Gasteiger partial charge in [0.15, 0.2) is 16.1 Å². The van der Waals surface area contributed by atoms with E-state index in [4.69, 9.17) is 0 Å². The van der Waals surface area contributed by atoms with E-state index in [1.165, 1.54) is 74.6 Å². The largest absolute Gasteiger partial charge is 0.311 e. The zero-order chi connectivity index (χ0) is 67.8. The highest BCUT2D eigenvalue weighted by Gasteiger charge is 2.48. The molecule has 0 N–H and O–H groups in total. The van der Waals surface area contributed by atoms with Crippen molar-refractivity contribution in [1.82, 2.24) is 0 Å². The van der Waals surface area contributed by atoms with Crippen molar-refractivity contribution in [3.8, 4) is 33.4 Å². The summed E-state index contributed by atoms with van der Waals surface area (Å²) >= 11 is 0. The lowest BCUT2D eigenvalue weighted by Crippen LogP contribution is -2.75. The summed E-state index contributed by atoms with van der Waals surface area (Å²) in [6, 6.07) is 160. The molecule has 0 atom stereocenters. The lowest BCUT2D eigenvalue weighted by atomic mass is 9.33. The third-order valence-corrected chi connectivity index (χ3v) is 30.6. The Morgan fingerprint density at radius 3 is 1.02 bits per heavy atom. The van der Waals surface area contributed by atoms with Gasteiger partial charge in [0.2, 0.25) is 0 Å². The van der Waals surface area contributed by atoms with Crippen LogP contribution < -0.4 is 72.6 Å². The van der Waals surface area contributed by atoms with Gasteiger partial charge in [0.05, 0.1) is 5.69 Å². The third kappa shape index (κ3) is 10.7. The Hall–Kier alpha value is -12.6. The molecule has 0 spiro atoms. The average molecular weight is 1330 g/mol. The second kappa shape index (κ2) is 26.6. The minimum Gasteiger partial charge on any atom is -0.311 e. The van der Waals surface area contributed by atoms with Gasteiger partial charge in [0.25, 0.3) is 6.71 Å². The molecule has 0 saturated carbocycles. The molecule has 0 bridgehead atoms. The number of hydrogen-bond acceptors (Lipinski definition) is 3. The van der Waals surface area contributed by atoms with Gasteiger partial charge in [-0.15, -0.1) is 0 Å². The fraction of sp³-hybridized carbons (Fsp3) is 0. The molecule has 102 heavy (non-hydrogen) atoms. The summed E-state index contributed by atoms with van der Waals surface area (Å²) in [5.74, 6) is 0. The van der Waals surface area contributed by atoms with Crippen molar-refractivity contribution in [2.45, 2.75) is 0 Å². The van der Waals surface area contributed by atoms with Gasteiger partial charge in [-0.05, 0) is 164 Å². The van der Waals surface area contributed by atoms with Crippen LogP contribution in [0.5, 0.6) is 0 Å². The van der Waals surface area contributed by atoms with E-state index in [1.807, 2.05) is 0 Å². The van der Waals surface area contributed by atoms with Gasteiger partial charge in [0, 0.05) is 45.5 Å². The molecule has 0 saturated heterocycles. The van der Waals surface area contributed by atoms with Crippen LogP contribution in [0.15, 0.2) is 425 Å². The van der Waals surface area contributed by atoms with Gasteiger partial charge in [-0.2, -0.15) is 0 Å². The fourth-order valence-electron chi connectivity index (χ4n) is 16.6. The molecule has 0 unspecified atom stereocenters. The molecule has 2 aliphatic rings. The van der Waals surface area contributed by atoms with E-state index in [9.17, 15) is 0 Å². The highest BCUT2D eigenvalue weighted by atomic mass is 28.3. The van der Waals surface area contributed by atoms with Gasteiger partial charge in [-0.3, -0.25) is 0 Å². The van der Waals surface area contributed by atoms with Crippen LogP contribution in [0.25, 0.3) is 33.4 Å². The van der Waals surface area contributed by atoms with Gasteiger partial charge in [0.1, 0.15) is 0 Å². The normalized spacial score (nSPS) is 12.3. The first kappa shape index (κ1) is 61.7. The molecule has 0 fully saturated rings. The lowest BCUT2D eigenvalue weighted by Gasteiger charge is -2.46. The van der Waals surface area contributed by atoms with Crippen LogP contribution in [0.2, 0.25) is 0 Å². The monoisotopic (exact) mass is 1330 g/mol. The average Bonchev–Trinajstić information content (AvgIpc) is 0.693. The van der Waals surface area contributed by atoms with Crippen molar-refractivity contribution in [3.63, 3.8) is 0 Å². The lowest BCUT2D eigenvalue weighted by molar-refractivity contribution is 1.23. The van der Waals surface area contributed by atoms with E-state index in [2.05, 4.69) is 439 Å². The van der Waals surface area contributed by atoms with Gasteiger partial charge in [-0.25, -0.2) is 0 Å². The maximum Gasteiger partial charge on any atom is 0.252 e. The van der Waals surface area contributed by atoms with E-state index in [0.29, 0.717) is 0 Å². The summed E-state index contributed by atoms with van der Waals surface area (Å²) in [6.45, 7) is -0.231. The molecule has 480 valence electrons. The number of hydrogen-bond donors (Lipinski definition) is 0. The molecule has 3 nitrogen and oxygen atoms in total. The van der Waals surface area contributed by atoms with Crippen LogP contribution in [0, 0.1) is 0 Å². The Morgan fingerprint density at radius 1 is 0.196 bits per heavy atom. The molecule has 6 heteroatoms. The summed E-state index contributed by atoms with van der Waals surface area (Å²) in [6.07, 6.45) is 0. The van der Waals surface area contributed by atoms with Crippen LogP contribution in [0.1, 0.15) is 0 Å². The fourth-order valence-corrected chi connectivity index (χ4v) is 26.2. The zero-order valence-electron chi connectivity index (χ0n) is 56.3. The number of nitrogens with zero attached hydrogens (tertiary/aromatic N) is 3. The van der Waals surface area contributed by atoms with Gasteiger partial charge < -0.3 is 14.7 Å². The highest BCUT2D eigenvalue weighted by molar-refractivity contribution is 7.20. The number of fused-ring (bicyclic) bond motifs is 4. The highest BCUT2D eigenvalue weighted by Crippen LogP contribution is 2.49. The maximum absolute atomic E-state index is 3.18. The van der Waals surface area contributed by atoms with E-state index in [0.717, 1.165) is 67.9 Å². The van der Waals surface area contributed by atoms with Crippen LogP contribution in [-0.4, -0.2) is 22.9 Å². The molecule has 0 amide bonds. The predicted octanol–water partition coefficient (Wildman–Crippen LogP) is 17.0. The molecular formula is C96H70BN3Si2. The van der Waals surface area contributed by atoms with Crippen molar-refractivity contribution in [1.29, 1.82) is 0 Å². The van der Waals surface area contributed by atoms with Gasteiger partial charge in [-0.1, -0.05) is 352 Å². The van der Waals surface area contributed by atoms with Crippen molar-refractivity contribution >= 4 is 132 Å². The van der Waals surface area contributed by atoms with Crippen molar-refractivity contribution in [2.24, 2.45) is 0 Å². The number of benzene rings is 16. The second-order valence-electron chi connectivity index (χ2n) is 26.7. The van der Waals surface area contributed by atoms with E-state index in [1.54, 1.807) is 0 Å². The molecule has 16 aromatic carbocycles. The Kier molecular flexibility index (Phi) is 16.1. The van der Waals surface area contributed by atoms with Crippen LogP contribution >= 0.6 is 0 Å². The Balaban J connectivity index is 0.992. The maximum atomic E-state index is 2.69. The van der Waals surface area contributed by atoms with Crippen LogP contribution in [0.4, 0.5) is 51.2 Å². The molecule has 0 radical (unpaired) electrons. The molecule has 16 aromatic rings. The number of anilines is 9. The Morgan fingerprint density at radius 2 is 0.549 bits per heavy atom. The van der Waals surface area contributed by atoms with E-state index >= 15 is 0 Å². The van der Waals surface area contributed by atoms with Crippen molar-refractivity contribution < 1.29 is 0 Å². The topological polar surface area (TPSA) is 9.72 Å². The van der Waals surface area contributed by atoms with Gasteiger partial charge >= 0.3 is 0 Å². The molecule has 0 aromatic heterocycles. The first-order valence-electron chi connectivity index (χ1n) is 35.3. The minimum absolute atomic E-state index is 0.231. The summed E-state index contributed by atoms with van der Waals surface area (Å²) < 4.78 is 0. The first-order chi connectivity index (χ1) is 50.6.